The summed E-state index contributed by atoms with van der Waals surface area (Å²) in [6, 6.07) is 23.8. The van der Waals surface area contributed by atoms with Crippen molar-refractivity contribution in [2.24, 2.45) is 11.8 Å². The third-order valence-corrected chi connectivity index (χ3v) is 15.5. The molecule has 38 heavy (non-hydrogen) atoms. The van der Waals surface area contributed by atoms with Gasteiger partial charge in [0.25, 0.3) is 0 Å². The normalized spacial score (nSPS) is 38.7. The standard InChI is InChI=1S/C30H40N4O2P2/c1-3-9-25(10-4-1)33-17-27-13-7-15-31(27)37(33)21-23-19-35-30-24(20-36-29(23)30)22-38-32-16-8-14-28(32)18-34(38)26-11-5-2-6-12-26/h1-6,9-12,23-24,27-30H,7-8,13-22H2/t23?,24?,27-,28-,29+,30+,37?,38?/m0/s1. The largest absolute Gasteiger partial charge is 0.375 e. The molecule has 4 unspecified atom stereocenters. The van der Waals surface area contributed by atoms with Crippen LogP contribution in [0.5, 0.6) is 0 Å². The highest BCUT2D eigenvalue weighted by Gasteiger charge is 2.53. The summed E-state index contributed by atoms with van der Waals surface area (Å²) in [4.78, 5) is 0. The van der Waals surface area contributed by atoms with Crippen molar-refractivity contribution in [2.75, 3.05) is 61.1 Å². The lowest BCUT2D eigenvalue weighted by atomic mass is 9.99. The van der Waals surface area contributed by atoms with Crippen LogP contribution in [-0.4, -0.2) is 85.3 Å². The fraction of sp³-hybridized carbons (Fsp3) is 0.600. The van der Waals surface area contributed by atoms with Crippen LogP contribution in [0.1, 0.15) is 25.7 Å². The minimum Gasteiger partial charge on any atom is -0.375 e. The molecule has 8 heteroatoms. The monoisotopic (exact) mass is 550 g/mol. The molecule has 2 aromatic carbocycles. The van der Waals surface area contributed by atoms with E-state index in [1.54, 1.807) is 0 Å². The van der Waals surface area contributed by atoms with Crippen LogP contribution >= 0.6 is 16.4 Å². The second-order valence-corrected chi connectivity index (χ2v) is 16.2. The second-order valence-electron chi connectivity index (χ2n) is 12.0. The summed E-state index contributed by atoms with van der Waals surface area (Å²) in [5.74, 6) is 1.03. The van der Waals surface area contributed by atoms with Crippen LogP contribution in [0.2, 0.25) is 0 Å². The number of para-hydroxylation sites is 2. The fourth-order valence-electron chi connectivity index (χ4n) is 7.96. The maximum atomic E-state index is 6.65. The molecule has 0 N–H and O–H groups in total. The topological polar surface area (TPSA) is 31.4 Å². The van der Waals surface area contributed by atoms with Gasteiger partial charge in [0.15, 0.2) is 0 Å². The zero-order chi connectivity index (χ0) is 25.1. The highest BCUT2D eigenvalue weighted by molar-refractivity contribution is 7.57. The van der Waals surface area contributed by atoms with E-state index in [-0.39, 0.29) is 28.7 Å². The molecule has 6 aliphatic rings. The molecular formula is C30H40N4O2P2. The summed E-state index contributed by atoms with van der Waals surface area (Å²) in [5, 5.41) is 0. The van der Waals surface area contributed by atoms with E-state index in [4.69, 9.17) is 9.47 Å². The number of ether oxygens (including phenoxy) is 2. The Kier molecular flexibility index (Phi) is 6.64. The van der Waals surface area contributed by atoms with Gasteiger partial charge in [-0.1, -0.05) is 36.4 Å². The van der Waals surface area contributed by atoms with Gasteiger partial charge in [0.05, 0.1) is 41.9 Å². The number of benzene rings is 2. The van der Waals surface area contributed by atoms with Crippen molar-refractivity contribution in [3.63, 3.8) is 0 Å². The van der Waals surface area contributed by atoms with Crippen LogP contribution in [0.3, 0.4) is 0 Å². The summed E-state index contributed by atoms with van der Waals surface area (Å²) >= 11 is 0. The summed E-state index contributed by atoms with van der Waals surface area (Å²) in [6.45, 7) is 6.66. The van der Waals surface area contributed by atoms with Crippen molar-refractivity contribution in [1.29, 1.82) is 0 Å². The molecule has 8 rings (SSSR count). The SMILES string of the molecule is c1ccc(N2C[C@@H]3CCCN3P2CC2CO[C@@H]3C(CP4N(c5ccccc5)C[C@@H]5CCCN54)CO[C@H]23)cc1. The summed E-state index contributed by atoms with van der Waals surface area (Å²) in [5.41, 5.74) is 2.80. The van der Waals surface area contributed by atoms with Crippen LogP contribution < -0.4 is 9.34 Å². The highest BCUT2D eigenvalue weighted by atomic mass is 31.1. The van der Waals surface area contributed by atoms with Crippen LogP contribution in [0.15, 0.2) is 60.7 Å². The van der Waals surface area contributed by atoms with Gasteiger partial charge in [-0.3, -0.25) is 9.34 Å². The van der Waals surface area contributed by atoms with E-state index in [1.165, 1.54) is 75.6 Å². The third kappa shape index (κ3) is 4.23. The molecule has 8 atom stereocenters. The molecule has 6 nitrogen and oxygen atoms in total. The number of rotatable bonds is 6. The highest BCUT2D eigenvalue weighted by Crippen LogP contribution is 2.60. The molecule has 0 spiro atoms. The van der Waals surface area contributed by atoms with E-state index in [0.29, 0.717) is 11.8 Å². The Labute approximate surface area is 230 Å². The Morgan fingerprint density at radius 2 is 1.08 bits per heavy atom. The number of hydrogen-bond acceptors (Lipinski definition) is 6. The number of nitrogens with zero attached hydrogens (tertiary/aromatic N) is 4. The van der Waals surface area contributed by atoms with Crippen molar-refractivity contribution >= 4 is 27.8 Å². The van der Waals surface area contributed by atoms with Crippen LogP contribution in [0, 0.1) is 11.8 Å². The first kappa shape index (κ1) is 24.5. The zero-order valence-corrected chi connectivity index (χ0v) is 24.0. The molecule has 0 amide bonds. The molecule has 6 saturated heterocycles. The minimum absolute atomic E-state index is 0.277. The maximum absolute atomic E-state index is 6.65. The molecule has 0 saturated carbocycles. The molecule has 0 aliphatic carbocycles. The average molecular weight is 551 g/mol. The van der Waals surface area contributed by atoms with Gasteiger partial charge in [0.2, 0.25) is 0 Å². The summed E-state index contributed by atoms with van der Waals surface area (Å²) in [7, 11) is -0.676. The summed E-state index contributed by atoms with van der Waals surface area (Å²) < 4.78 is 24.5. The molecule has 2 aromatic rings. The first-order valence-electron chi connectivity index (χ1n) is 14.8. The van der Waals surface area contributed by atoms with E-state index in [2.05, 4.69) is 79.3 Å². The average Bonchev–Trinajstić information content (AvgIpc) is 3.78. The van der Waals surface area contributed by atoms with Crippen molar-refractivity contribution in [2.45, 2.75) is 50.0 Å². The van der Waals surface area contributed by atoms with E-state index in [0.717, 1.165) is 25.3 Å². The van der Waals surface area contributed by atoms with E-state index in [9.17, 15) is 0 Å². The van der Waals surface area contributed by atoms with Gasteiger partial charge in [0.1, 0.15) is 0 Å². The number of hydrogen-bond donors (Lipinski definition) is 0. The molecule has 6 fully saturated rings. The number of anilines is 2. The third-order valence-electron chi connectivity index (χ3n) is 9.77. The maximum Gasteiger partial charge on any atom is 0.0895 e. The van der Waals surface area contributed by atoms with E-state index >= 15 is 0 Å². The van der Waals surface area contributed by atoms with Gasteiger partial charge in [-0.2, -0.15) is 0 Å². The van der Waals surface area contributed by atoms with Gasteiger partial charge in [0, 0.05) is 73.8 Å². The first-order chi connectivity index (χ1) is 18.8. The zero-order valence-electron chi connectivity index (χ0n) is 22.2. The van der Waals surface area contributed by atoms with Crippen molar-refractivity contribution in [1.82, 2.24) is 9.34 Å². The fourth-order valence-corrected chi connectivity index (χ4v) is 14.2. The van der Waals surface area contributed by atoms with Crippen molar-refractivity contribution in [3.05, 3.63) is 60.7 Å². The molecule has 0 aromatic heterocycles. The molecule has 0 bridgehead atoms. The quantitative estimate of drug-likeness (QED) is 0.435. The Balaban J connectivity index is 0.978. The Morgan fingerprint density at radius 1 is 0.632 bits per heavy atom. The minimum atomic E-state index is -0.338. The molecular weight excluding hydrogens is 510 g/mol. The predicted octanol–water partition coefficient (Wildman–Crippen LogP) is 5.61. The lowest BCUT2D eigenvalue weighted by Gasteiger charge is -2.33. The van der Waals surface area contributed by atoms with Crippen LogP contribution in [0.25, 0.3) is 0 Å². The first-order valence-corrected chi connectivity index (χ1v) is 17.7. The molecule has 6 heterocycles. The Bertz CT molecular complexity index is 1020. The van der Waals surface area contributed by atoms with E-state index in [1.807, 2.05) is 0 Å². The van der Waals surface area contributed by atoms with Gasteiger partial charge >= 0.3 is 0 Å². The molecule has 0 radical (unpaired) electrons. The van der Waals surface area contributed by atoms with Gasteiger partial charge < -0.3 is 18.8 Å². The van der Waals surface area contributed by atoms with Crippen molar-refractivity contribution in [3.8, 4) is 0 Å². The lowest BCUT2D eigenvalue weighted by Crippen LogP contribution is -2.31. The van der Waals surface area contributed by atoms with Crippen molar-refractivity contribution < 1.29 is 9.47 Å². The van der Waals surface area contributed by atoms with Crippen LogP contribution in [-0.2, 0) is 9.47 Å². The molecule has 6 aliphatic heterocycles. The second kappa shape index (κ2) is 10.3. The molecule has 202 valence electrons. The van der Waals surface area contributed by atoms with Gasteiger partial charge in [-0.15, -0.1) is 0 Å². The van der Waals surface area contributed by atoms with Gasteiger partial charge in [-0.25, -0.2) is 0 Å². The van der Waals surface area contributed by atoms with Gasteiger partial charge in [-0.05, 0) is 49.9 Å². The van der Waals surface area contributed by atoms with Crippen LogP contribution in [0.4, 0.5) is 11.4 Å². The van der Waals surface area contributed by atoms with E-state index < -0.39 is 0 Å². The Morgan fingerprint density at radius 3 is 1.53 bits per heavy atom. The number of fused-ring (bicyclic) bond motifs is 3. The summed E-state index contributed by atoms with van der Waals surface area (Å²) in [6.07, 6.45) is 8.41. The smallest absolute Gasteiger partial charge is 0.0895 e. The predicted molar refractivity (Wildman–Crippen MR) is 157 cm³/mol. The lowest BCUT2D eigenvalue weighted by molar-refractivity contribution is 0.0630. The Hall–Kier alpha value is -1.26.